The molecule has 0 saturated carbocycles. The molecule has 0 bridgehead atoms. The summed E-state index contributed by atoms with van der Waals surface area (Å²) in [5, 5.41) is 31.5. The van der Waals surface area contributed by atoms with Crippen LogP contribution in [0.15, 0.2) is 24.3 Å². The van der Waals surface area contributed by atoms with Crippen LogP contribution in [0.5, 0.6) is 0 Å². The number of hydrogen-bond donors (Lipinski definition) is 7. The van der Waals surface area contributed by atoms with E-state index in [4.69, 9.17) is 0 Å². The highest BCUT2D eigenvalue weighted by molar-refractivity contribution is 5.97. The summed E-state index contributed by atoms with van der Waals surface area (Å²) >= 11 is 0. The van der Waals surface area contributed by atoms with E-state index >= 15 is 0 Å². The minimum atomic E-state index is -1.55. The zero-order valence-corrected chi connectivity index (χ0v) is 34.4. The Morgan fingerprint density at radius 3 is 1.79 bits per heavy atom. The van der Waals surface area contributed by atoms with Crippen LogP contribution < -0.4 is 26.6 Å². The highest BCUT2D eigenvalue weighted by atomic mass is 16.4. The predicted octanol–water partition coefficient (Wildman–Crippen LogP) is 0.808. The fourth-order valence-electron chi connectivity index (χ4n) is 5.96. The molecular weight excluding hydrogens is 756 g/mol. The summed E-state index contributed by atoms with van der Waals surface area (Å²) in [6, 6.07) is -1.12. The third kappa shape index (κ3) is 17.6. The maximum absolute atomic E-state index is 13.8. The molecule has 6 amide bonds. The second-order valence-corrected chi connectivity index (χ2v) is 15.0. The van der Waals surface area contributed by atoms with Crippen molar-refractivity contribution in [1.29, 1.82) is 0 Å². The zero-order chi connectivity index (χ0) is 44.1. The lowest BCUT2D eigenvalue weighted by atomic mass is 10.00. The van der Waals surface area contributed by atoms with E-state index in [0.717, 1.165) is 10.5 Å². The normalized spacial score (nSPS) is 14.1. The number of carboxylic acid groups (broad SMARTS) is 2. The Morgan fingerprint density at radius 2 is 1.28 bits per heavy atom. The van der Waals surface area contributed by atoms with E-state index in [1.807, 2.05) is 26.8 Å². The smallest absolute Gasteiger partial charge is 0.326 e. The lowest BCUT2D eigenvalue weighted by Gasteiger charge is -2.32. The van der Waals surface area contributed by atoms with Crippen molar-refractivity contribution >= 4 is 60.0 Å². The minimum Gasteiger partial charge on any atom is -0.481 e. The molecule has 0 aliphatic carbocycles. The number of aldehydes is 2. The average Bonchev–Trinajstić information content (AvgIpc) is 3.14. The lowest BCUT2D eigenvalue weighted by molar-refractivity contribution is -0.144. The Labute approximate surface area is 339 Å². The molecule has 18 nitrogen and oxygen atoms in total. The van der Waals surface area contributed by atoms with Crippen molar-refractivity contribution in [3.8, 4) is 0 Å². The standard InChI is InChI=1S/C40H60N6O12/c1-8-31(46(7)39(56)28(15-11-19-48)43-36(53)30(22-33(50)51)41-32(49)17-16-23(2)3)38(55)42-27(14-10-18-47)35(52)44-29(21-26-13-9-12-25(6)20-26)37(54)45-34(24(4)5)40(57)58/h9,12-13,18-20,23-24,27-31,34H,8,10-11,14-17,21-22H2,1-7H3,(H,41,49)(H,42,55)(H,43,53)(H,44,52)(H,45,54)(H,50,51)(H,57,58). The molecular formula is C40H60N6O12. The first-order chi connectivity index (χ1) is 27.2. The van der Waals surface area contributed by atoms with Gasteiger partial charge in [0.15, 0.2) is 0 Å². The summed E-state index contributed by atoms with van der Waals surface area (Å²) in [6.45, 7) is 10.4. The second kappa shape index (κ2) is 25.5. The van der Waals surface area contributed by atoms with Crippen molar-refractivity contribution in [2.24, 2.45) is 11.8 Å². The SMILES string of the molecule is CCC(C(=O)NC(CCC=O)C(=O)NC(Cc1cccc(C)c1)C(=O)NC(C(=O)O)C(C)C)N(C)C(=O)C(CCC=O)NC(=O)C(CC(=O)O)NC(=O)CCC(C)C. The molecule has 0 aliphatic rings. The minimum absolute atomic E-state index is 0.0118. The summed E-state index contributed by atoms with van der Waals surface area (Å²) in [5.74, 6) is -7.90. The molecule has 0 spiro atoms. The number of carbonyl (C=O) groups excluding carboxylic acids is 8. The highest BCUT2D eigenvalue weighted by Gasteiger charge is 2.36. The number of carbonyl (C=O) groups is 10. The Morgan fingerprint density at radius 1 is 0.724 bits per heavy atom. The average molecular weight is 817 g/mol. The Balaban J connectivity index is 3.35. The van der Waals surface area contributed by atoms with Crippen molar-refractivity contribution < 1.29 is 58.2 Å². The lowest BCUT2D eigenvalue weighted by Crippen LogP contribution is -2.60. The molecule has 58 heavy (non-hydrogen) atoms. The molecule has 0 fully saturated rings. The number of aryl methyl sites for hydroxylation is 1. The van der Waals surface area contributed by atoms with E-state index in [2.05, 4.69) is 26.6 Å². The number of aliphatic carboxylic acids is 2. The Bertz CT molecular complexity index is 1620. The van der Waals surface area contributed by atoms with Gasteiger partial charge in [-0.05, 0) is 50.0 Å². The van der Waals surface area contributed by atoms with Gasteiger partial charge in [0.2, 0.25) is 35.4 Å². The van der Waals surface area contributed by atoms with Gasteiger partial charge in [0.25, 0.3) is 0 Å². The van der Waals surface area contributed by atoms with E-state index in [9.17, 15) is 58.2 Å². The van der Waals surface area contributed by atoms with Crippen LogP contribution in [0.4, 0.5) is 0 Å². The van der Waals surface area contributed by atoms with Gasteiger partial charge in [0.05, 0.1) is 6.42 Å². The maximum atomic E-state index is 13.8. The molecule has 18 heteroatoms. The van der Waals surface area contributed by atoms with Gasteiger partial charge in [-0.15, -0.1) is 0 Å². The van der Waals surface area contributed by atoms with Crippen molar-refractivity contribution in [2.45, 2.75) is 136 Å². The third-order valence-electron chi connectivity index (χ3n) is 9.26. The van der Waals surface area contributed by atoms with Gasteiger partial charge in [0.1, 0.15) is 48.8 Å². The van der Waals surface area contributed by atoms with E-state index in [-0.39, 0.29) is 50.9 Å². The highest BCUT2D eigenvalue weighted by Crippen LogP contribution is 2.13. The number of hydrogen-bond acceptors (Lipinski definition) is 10. The first-order valence-corrected chi connectivity index (χ1v) is 19.4. The van der Waals surface area contributed by atoms with Gasteiger partial charge in [-0.2, -0.15) is 0 Å². The van der Waals surface area contributed by atoms with Gasteiger partial charge < -0.3 is 51.3 Å². The fraction of sp³-hybridized carbons (Fsp3) is 0.600. The number of nitrogens with zero attached hydrogens (tertiary/aromatic N) is 1. The number of nitrogens with one attached hydrogen (secondary N) is 5. The molecule has 0 aliphatic heterocycles. The molecule has 322 valence electrons. The van der Waals surface area contributed by atoms with Crippen LogP contribution in [-0.4, -0.2) is 118 Å². The van der Waals surface area contributed by atoms with Gasteiger partial charge in [0, 0.05) is 32.7 Å². The van der Waals surface area contributed by atoms with Crippen LogP contribution in [0.3, 0.4) is 0 Å². The largest absolute Gasteiger partial charge is 0.481 e. The molecule has 0 saturated heterocycles. The van der Waals surface area contributed by atoms with Gasteiger partial charge in [-0.1, -0.05) is 64.4 Å². The van der Waals surface area contributed by atoms with Crippen LogP contribution >= 0.6 is 0 Å². The third-order valence-corrected chi connectivity index (χ3v) is 9.26. The molecule has 6 unspecified atom stereocenters. The number of carboxylic acids is 2. The summed E-state index contributed by atoms with van der Waals surface area (Å²) in [7, 11) is 1.26. The maximum Gasteiger partial charge on any atom is 0.326 e. The number of likely N-dealkylation sites (N-methyl/N-ethyl adjacent to an activating group) is 1. The van der Waals surface area contributed by atoms with Gasteiger partial charge in [-0.25, -0.2) is 4.79 Å². The van der Waals surface area contributed by atoms with Gasteiger partial charge in [-0.3, -0.25) is 33.6 Å². The van der Waals surface area contributed by atoms with Crippen molar-refractivity contribution in [1.82, 2.24) is 31.5 Å². The van der Waals surface area contributed by atoms with Crippen molar-refractivity contribution in [3.05, 3.63) is 35.4 Å². The topological polar surface area (TPSA) is 275 Å². The fourth-order valence-corrected chi connectivity index (χ4v) is 5.96. The van der Waals surface area contributed by atoms with Crippen LogP contribution in [-0.2, 0) is 54.4 Å². The molecule has 1 aromatic rings. The quantitative estimate of drug-likeness (QED) is 0.0608. The molecule has 0 heterocycles. The van der Waals surface area contributed by atoms with Crippen molar-refractivity contribution in [3.63, 3.8) is 0 Å². The van der Waals surface area contributed by atoms with Crippen LogP contribution in [0.1, 0.15) is 97.1 Å². The molecule has 7 N–H and O–H groups in total. The summed E-state index contributed by atoms with van der Waals surface area (Å²) in [4.78, 5) is 128. The first-order valence-electron chi connectivity index (χ1n) is 19.4. The van der Waals surface area contributed by atoms with E-state index in [0.29, 0.717) is 24.6 Å². The Hall–Kier alpha value is -5.68. The van der Waals surface area contributed by atoms with E-state index < -0.39 is 96.0 Å². The van der Waals surface area contributed by atoms with Crippen LogP contribution in [0, 0.1) is 18.8 Å². The molecule has 0 aromatic heterocycles. The molecule has 6 atom stereocenters. The number of benzene rings is 1. The second-order valence-electron chi connectivity index (χ2n) is 15.0. The summed E-state index contributed by atoms with van der Waals surface area (Å²) in [5.41, 5.74) is 1.52. The zero-order valence-electron chi connectivity index (χ0n) is 34.4. The monoisotopic (exact) mass is 816 g/mol. The predicted molar refractivity (Wildman–Crippen MR) is 211 cm³/mol. The molecule has 1 aromatic carbocycles. The van der Waals surface area contributed by atoms with E-state index in [1.54, 1.807) is 39.0 Å². The van der Waals surface area contributed by atoms with E-state index in [1.165, 1.54) is 7.05 Å². The molecule has 0 radical (unpaired) electrons. The van der Waals surface area contributed by atoms with Crippen LogP contribution in [0.25, 0.3) is 0 Å². The number of amides is 6. The first kappa shape index (κ1) is 50.3. The Kier molecular flexibility index (Phi) is 22.2. The van der Waals surface area contributed by atoms with Gasteiger partial charge >= 0.3 is 11.9 Å². The van der Waals surface area contributed by atoms with Crippen molar-refractivity contribution in [2.75, 3.05) is 7.05 Å². The number of rotatable bonds is 27. The summed E-state index contributed by atoms with van der Waals surface area (Å²) in [6.07, 6.45) is -0.127. The van der Waals surface area contributed by atoms with Crippen LogP contribution in [0.2, 0.25) is 0 Å². The summed E-state index contributed by atoms with van der Waals surface area (Å²) < 4.78 is 0. The molecule has 1 rings (SSSR count).